The number of anilines is 2. The number of likely N-dealkylation sites (N-methyl/N-ethyl adjacent to an activating group) is 1. The molecular weight excluding hydrogens is 292 g/mol. The Hall–Kier alpha value is -2.08. The molecule has 6 heteroatoms. The summed E-state index contributed by atoms with van der Waals surface area (Å²) >= 11 is 0. The van der Waals surface area contributed by atoms with E-state index in [4.69, 9.17) is 0 Å². The van der Waals surface area contributed by atoms with Gasteiger partial charge in [-0.3, -0.25) is 4.79 Å². The average Bonchev–Trinajstić information content (AvgIpc) is 2.98. The van der Waals surface area contributed by atoms with Crippen LogP contribution in [0.25, 0.3) is 0 Å². The second-order valence-electron chi connectivity index (χ2n) is 5.61. The van der Waals surface area contributed by atoms with E-state index in [0.717, 1.165) is 38.3 Å². The van der Waals surface area contributed by atoms with E-state index in [2.05, 4.69) is 29.4 Å². The topological polar surface area (TPSA) is 64.7 Å². The molecule has 0 aliphatic carbocycles. The summed E-state index contributed by atoms with van der Waals surface area (Å²) in [5, 5.41) is 5.68. The maximum Gasteiger partial charge on any atom is 0.319 e. The molecule has 126 valence electrons. The van der Waals surface area contributed by atoms with Crippen LogP contribution in [-0.2, 0) is 4.79 Å². The van der Waals surface area contributed by atoms with Crippen molar-refractivity contribution in [2.45, 2.75) is 26.7 Å². The van der Waals surface area contributed by atoms with E-state index in [1.54, 1.807) is 4.90 Å². The van der Waals surface area contributed by atoms with Crippen LogP contribution in [0.2, 0.25) is 0 Å². The van der Waals surface area contributed by atoms with Crippen LogP contribution >= 0.6 is 0 Å². The summed E-state index contributed by atoms with van der Waals surface area (Å²) in [6.07, 6.45) is 1.49. The zero-order chi connectivity index (χ0) is 16.7. The molecule has 2 N–H and O–H groups in total. The molecule has 0 radical (unpaired) electrons. The van der Waals surface area contributed by atoms with Crippen molar-refractivity contribution in [3.63, 3.8) is 0 Å². The van der Waals surface area contributed by atoms with E-state index in [-0.39, 0.29) is 11.9 Å². The third-order valence-corrected chi connectivity index (χ3v) is 4.10. The Morgan fingerprint density at radius 1 is 1.30 bits per heavy atom. The Labute approximate surface area is 137 Å². The fourth-order valence-electron chi connectivity index (χ4n) is 2.72. The highest BCUT2D eigenvalue weighted by molar-refractivity contribution is 5.96. The summed E-state index contributed by atoms with van der Waals surface area (Å²) in [5.74, 6) is 0.144. The highest BCUT2D eigenvalue weighted by atomic mass is 16.2. The minimum absolute atomic E-state index is 0.144. The molecule has 0 bridgehead atoms. The molecule has 3 amide bonds. The maximum absolute atomic E-state index is 11.9. The second-order valence-corrected chi connectivity index (χ2v) is 5.61. The van der Waals surface area contributed by atoms with Gasteiger partial charge in [-0.25, -0.2) is 4.79 Å². The van der Waals surface area contributed by atoms with Gasteiger partial charge in [-0.2, -0.15) is 0 Å². The summed E-state index contributed by atoms with van der Waals surface area (Å²) in [6.45, 7) is 8.36. The van der Waals surface area contributed by atoms with Gasteiger partial charge in [-0.1, -0.05) is 19.9 Å². The summed E-state index contributed by atoms with van der Waals surface area (Å²) in [5.41, 5.74) is 1.54. The SMILES string of the molecule is CCN(CC)CCNC(=O)Nc1cccc(N2CCCC2=O)c1. The largest absolute Gasteiger partial charge is 0.337 e. The summed E-state index contributed by atoms with van der Waals surface area (Å²) in [4.78, 5) is 27.8. The molecule has 0 unspecified atom stereocenters. The molecule has 1 aliphatic heterocycles. The van der Waals surface area contributed by atoms with E-state index in [0.29, 0.717) is 18.7 Å². The zero-order valence-corrected chi connectivity index (χ0v) is 14.0. The van der Waals surface area contributed by atoms with Gasteiger partial charge in [0.15, 0.2) is 0 Å². The smallest absolute Gasteiger partial charge is 0.319 e. The quantitative estimate of drug-likeness (QED) is 0.810. The lowest BCUT2D eigenvalue weighted by molar-refractivity contribution is -0.117. The number of nitrogens with one attached hydrogen (secondary N) is 2. The summed E-state index contributed by atoms with van der Waals surface area (Å²) in [6, 6.07) is 7.20. The van der Waals surface area contributed by atoms with Crippen molar-refractivity contribution in [1.82, 2.24) is 10.2 Å². The van der Waals surface area contributed by atoms with Gasteiger partial charge in [-0.15, -0.1) is 0 Å². The van der Waals surface area contributed by atoms with E-state index in [1.807, 2.05) is 24.3 Å². The van der Waals surface area contributed by atoms with Crippen molar-refractivity contribution >= 4 is 23.3 Å². The molecule has 1 aliphatic rings. The number of carbonyl (C=O) groups excluding carboxylic acids is 2. The number of amides is 3. The van der Waals surface area contributed by atoms with Crippen LogP contribution in [0, 0.1) is 0 Å². The molecule has 23 heavy (non-hydrogen) atoms. The van der Waals surface area contributed by atoms with Gasteiger partial charge in [0.05, 0.1) is 0 Å². The van der Waals surface area contributed by atoms with Crippen LogP contribution in [0.3, 0.4) is 0 Å². The minimum atomic E-state index is -0.220. The fraction of sp³-hybridized carbons (Fsp3) is 0.529. The lowest BCUT2D eigenvalue weighted by Crippen LogP contribution is -2.36. The van der Waals surface area contributed by atoms with Gasteiger partial charge in [0.25, 0.3) is 0 Å². The van der Waals surface area contributed by atoms with Gasteiger partial charge in [-0.05, 0) is 37.7 Å². The van der Waals surface area contributed by atoms with Crippen LogP contribution in [0.15, 0.2) is 24.3 Å². The van der Waals surface area contributed by atoms with Crippen molar-refractivity contribution in [1.29, 1.82) is 0 Å². The molecule has 1 saturated heterocycles. The number of hydrogen-bond acceptors (Lipinski definition) is 3. The minimum Gasteiger partial charge on any atom is -0.337 e. The number of carbonyl (C=O) groups is 2. The first-order valence-electron chi connectivity index (χ1n) is 8.31. The molecule has 0 spiro atoms. The molecule has 6 nitrogen and oxygen atoms in total. The second kappa shape index (κ2) is 8.53. The molecule has 1 aromatic rings. The standard InChI is InChI=1S/C17H26N4O2/c1-3-20(4-2)12-10-18-17(23)19-14-7-5-8-15(13-14)21-11-6-9-16(21)22/h5,7-8,13H,3-4,6,9-12H2,1-2H3,(H2,18,19,23). The van der Waals surface area contributed by atoms with Crippen molar-refractivity contribution in [2.24, 2.45) is 0 Å². The molecular formula is C17H26N4O2. The molecule has 1 heterocycles. The third kappa shape index (κ3) is 4.96. The van der Waals surface area contributed by atoms with Gasteiger partial charge >= 0.3 is 6.03 Å². The van der Waals surface area contributed by atoms with Crippen LogP contribution in [-0.4, -0.2) is 49.6 Å². The average molecular weight is 318 g/mol. The Morgan fingerprint density at radius 2 is 2.09 bits per heavy atom. The fourth-order valence-corrected chi connectivity index (χ4v) is 2.72. The monoisotopic (exact) mass is 318 g/mol. The number of urea groups is 1. The Balaban J connectivity index is 1.85. The molecule has 0 atom stereocenters. The molecule has 1 fully saturated rings. The highest BCUT2D eigenvalue weighted by Gasteiger charge is 2.21. The van der Waals surface area contributed by atoms with Crippen molar-refractivity contribution in [2.75, 3.05) is 42.9 Å². The third-order valence-electron chi connectivity index (χ3n) is 4.10. The predicted molar refractivity (Wildman–Crippen MR) is 92.8 cm³/mol. The molecule has 0 saturated carbocycles. The number of nitrogens with zero attached hydrogens (tertiary/aromatic N) is 2. The maximum atomic E-state index is 11.9. The zero-order valence-electron chi connectivity index (χ0n) is 14.0. The van der Waals surface area contributed by atoms with E-state index in [9.17, 15) is 9.59 Å². The van der Waals surface area contributed by atoms with Crippen molar-refractivity contribution < 1.29 is 9.59 Å². The summed E-state index contributed by atoms with van der Waals surface area (Å²) in [7, 11) is 0. The van der Waals surface area contributed by atoms with Crippen LogP contribution < -0.4 is 15.5 Å². The van der Waals surface area contributed by atoms with E-state index >= 15 is 0 Å². The van der Waals surface area contributed by atoms with Crippen LogP contribution in [0.1, 0.15) is 26.7 Å². The lowest BCUT2D eigenvalue weighted by atomic mass is 10.2. The molecule has 0 aromatic heterocycles. The van der Waals surface area contributed by atoms with Gasteiger partial charge in [0.1, 0.15) is 0 Å². The van der Waals surface area contributed by atoms with Gasteiger partial charge < -0.3 is 20.4 Å². The van der Waals surface area contributed by atoms with E-state index in [1.165, 1.54) is 0 Å². The first-order chi connectivity index (χ1) is 11.1. The number of benzene rings is 1. The highest BCUT2D eigenvalue weighted by Crippen LogP contribution is 2.24. The Morgan fingerprint density at radius 3 is 2.74 bits per heavy atom. The molecule has 2 rings (SSSR count). The van der Waals surface area contributed by atoms with E-state index < -0.39 is 0 Å². The number of rotatable bonds is 7. The Kier molecular flexibility index (Phi) is 6.40. The first kappa shape index (κ1) is 17.3. The van der Waals surface area contributed by atoms with Crippen molar-refractivity contribution in [3.05, 3.63) is 24.3 Å². The van der Waals surface area contributed by atoms with Gasteiger partial charge in [0, 0.05) is 37.4 Å². The predicted octanol–water partition coefficient (Wildman–Crippen LogP) is 2.28. The normalized spacial score (nSPS) is 14.4. The first-order valence-corrected chi connectivity index (χ1v) is 8.31. The number of hydrogen-bond donors (Lipinski definition) is 2. The summed E-state index contributed by atoms with van der Waals surface area (Å²) < 4.78 is 0. The van der Waals surface area contributed by atoms with Gasteiger partial charge in [0.2, 0.25) is 5.91 Å². The molecule has 1 aromatic carbocycles. The Bertz CT molecular complexity index is 543. The van der Waals surface area contributed by atoms with Crippen molar-refractivity contribution in [3.8, 4) is 0 Å². The lowest BCUT2D eigenvalue weighted by Gasteiger charge is -2.18. The van der Waals surface area contributed by atoms with Crippen LogP contribution in [0.4, 0.5) is 16.2 Å². The van der Waals surface area contributed by atoms with Crippen LogP contribution in [0.5, 0.6) is 0 Å².